The van der Waals surface area contributed by atoms with Crippen LogP contribution in [0.3, 0.4) is 0 Å². The molecule has 3 aromatic carbocycles. The van der Waals surface area contributed by atoms with Crippen molar-refractivity contribution in [1.82, 2.24) is 4.90 Å². The lowest BCUT2D eigenvalue weighted by atomic mass is 9.96. The van der Waals surface area contributed by atoms with E-state index in [9.17, 15) is 14.7 Å². The van der Waals surface area contributed by atoms with Crippen LogP contribution in [0.25, 0.3) is 11.1 Å². The molecule has 0 saturated carbocycles. The van der Waals surface area contributed by atoms with E-state index in [2.05, 4.69) is 16.7 Å². The second kappa shape index (κ2) is 10.9. The minimum absolute atomic E-state index is 0.0395. The molecule has 2 unspecified atom stereocenters. The molecule has 43 heavy (non-hydrogen) atoms. The SMILES string of the molecule is C[C@@H]1CCN1c1cc(Cl)c(C(=O)N2COc3c(cccc3-c3cc(N4C5CCC4COC5)c(C(=O)O)cc3F)C2)c(Cl)c1. The van der Waals surface area contributed by atoms with E-state index in [-0.39, 0.29) is 58.0 Å². The van der Waals surface area contributed by atoms with Crippen LogP contribution >= 0.6 is 23.2 Å². The number of carboxylic acid groups (broad SMARTS) is 1. The second-order valence-electron chi connectivity index (χ2n) is 11.7. The summed E-state index contributed by atoms with van der Waals surface area (Å²) < 4.78 is 27.4. The van der Waals surface area contributed by atoms with Gasteiger partial charge in [0.05, 0.1) is 58.7 Å². The van der Waals surface area contributed by atoms with E-state index in [1.807, 2.05) is 6.07 Å². The molecule has 3 saturated heterocycles. The van der Waals surface area contributed by atoms with Crippen molar-refractivity contribution in [3.8, 4) is 16.9 Å². The number of carbonyl (C=O) groups is 2. The van der Waals surface area contributed by atoms with Gasteiger partial charge in [0.25, 0.3) is 5.91 Å². The van der Waals surface area contributed by atoms with Crippen molar-refractivity contribution >= 4 is 46.5 Å². The minimum Gasteiger partial charge on any atom is -0.478 e. The van der Waals surface area contributed by atoms with E-state index < -0.39 is 11.8 Å². The molecule has 8 nitrogen and oxygen atoms in total. The lowest BCUT2D eigenvalue weighted by molar-refractivity contribution is 0.0516. The Morgan fingerprint density at radius 2 is 1.72 bits per heavy atom. The van der Waals surface area contributed by atoms with Crippen molar-refractivity contribution < 1.29 is 28.6 Å². The van der Waals surface area contributed by atoms with E-state index in [0.717, 1.165) is 37.6 Å². The number of carboxylic acids is 1. The van der Waals surface area contributed by atoms with Crippen LogP contribution in [-0.2, 0) is 11.3 Å². The average Bonchev–Trinajstić information content (AvgIpc) is 3.22. The number of halogens is 3. The summed E-state index contributed by atoms with van der Waals surface area (Å²) in [5, 5.41) is 10.5. The number of ether oxygens (including phenoxy) is 2. The summed E-state index contributed by atoms with van der Waals surface area (Å²) in [5.41, 5.74) is 2.91. The van der Waals surface area contributed by atoms with E-state index in [4.69, 9.17) is 32.7 Å². The number of aromatic carboxylic acids is 1. The molecule has 2 bridgehead atoms. The molecule has 0 radical (unpaired) electrons. The number of rotatable bonds is 5. The molecule has 224 valence electrons. The van der Waals surface area contributed by atoms with Crippen molar-refractivity contribution in [2.45, 2.75) is 50.9 Å². The standard InChI is InChI=1S/C32H30Cl2FN3O5/c1-17-7-8-37(17)21-9-25(33)29(26(34)10-21)31(39)36-13-18-3-2-4-22(30(18)43-16-36)23-12-28(24(32(40)41)11-27(23)35)38-19-5-6-20(38)15-42-14-19/h2-4,9-12,17,19-20H,5-8,13-16H2,1H3,(H,40,41)/t17-,19?,20?/m1/s1. The van der Waals surface area contributed by atoms with Gasteiger partial charge in [-0.25, -0.2) is 9.18 Å². The summed E-state index contributed by atoms with van der Waals surface area (Å²) in [4.78, 5) is 31.6. The number of para-hydroxylation sites is 1. The molecule has 1 amide bonds. The van der Waals surface area contributed by atoms with Gasteiger partial charge in [-0.15, -0.1) is 0 Å². The van der Waals surface area contributed by atoms with Crippen molar-refractivity contribution in [2.24, 2.45) is 0 Å². The van der Waals surface area contributed by atoms with Gasteiger partial charge in [-0.3, -0.25) is 4.79 Å². The number of hydrogen-bond acceptors (Lipinski definition) is 6. The van der Waals surface area contributed by atoms with Crippen molar-refractivity contribution in [3.63, 3.8) is 0 Å². The zero-order valence-corrected chi connectivity index (χ0v) is 25.0. The summed E-state index contributed by atoms with van der Waals surface area (Å²) in [6.07, 6.45) is 2.86. The number of fused-ring (bicyclic) bond motifs is 3. The van der Waals surface area contributed by atoms with Crippen LogP contribution in [0.4, 0.5) is 15.8 Å². The first-order valence-electron chi connectivity index (χ1n) is 14.4. The molecule has 4 aliphatic heterocycles. The highest BCUT2D eigenvalue weighted by molar-refractivity contribution is 6.40. The second-order valence-corrected chi connectivity index (χ2v) is 12.5. The number of amides is 1. The highest BCUT2D eigenvalue weighted by Gasteiger charge is 2.40. The van der Waals surface area contributed by atoms with Gasteiger partial charge in [-0.05, 0) is 50.5 Å². The average molecular weight is 627 g/mol. The van der Waals surface area contributed by atoms with Gasteiger partial charge in [0.1, 0.15) is 11.6 Å². The normalized spacial score (nSPS) is 22.6. The third-order valence-electron chi connectivity index (χ3n) is 9.13. The van der Waals surface area contributed by atoms with Crippen molar-refractivity contribution in [1.29, 1.82) is 0 Å². The summed E-state index contributed by atoms with van der Waals surface area (Å²) in [6, 6.07) is 12.1. The Bertz CT molecular complexity index is 1610. The number of morpholine rings is 1. The fourth-order valence-corrected chi connectivity index (χ4v) is 7.42. The largest absolute Gasteiger partial charge is 0.478 e. The molecule has 4 aliphatic rings. The fraction of sp³-hybridized carbons (Fsp3) is 0.375. The van der Waals surface area contributed by atoms with Crippen molar-refractivity contribution in [3.05, 3.63) is 75.0 Å². The molecule has 0 aromatic heterocycles. The van der Waals surface area contributed by atoms with Gasteiger partial charge in [-0.1, -0.05) is 41.4 Å². The third-order valence-corrected chi connectivity index (χ3v) is 9.72. The van der Waals surface area contributed by atoms with Crippen LogP contribution < -0.4 is 14.5 Å². The maximum absolute atomic E-state index is 15.6. The molecule has 3 fully saturated rings. The highest BCUT2D eigenvalue weighted by atomic mass is 35.5. The number of benzene rings is 3. The maximum Gasteiger partial charge on any atom is 0.337 e. The van der Waals surface area contributed by atoms with E-state index in [0.29, 0.717) is 41.8 Å². The molecule has 3 atom stereocenters. The van der Waals surface area contributed by atoms with Crippen LogP contribution in [-0.4, -0.2) is 66.5 Å². The van der Waals surface area contributed by atoms with Gasteiger partial charge in [0.2, 0.25) is 0 Å². The van der Waals surface area contributed by atoms with Gasteiger partial charge in [0, 0.05) is 35.0 Å². The number of anilines is 2. The molecule has 7 rings (SSSR count). The Kier molecular flexibility index (Phi) is 7.15. The van der Waals surface area contributed by atoms with Crippen LogP contribution in [0.15, 0.2) is 42.5 Å². The number of hydrogen-bond donors (Lipinski definition) is 1. The van der Waals surface area contributed by atoms with Crippen LogP contribution in [0.1, 0.15) is 52.5 Å². The highest BCUT2D eigenvalue weighted by Crippen LogP contribution is 2.43. The first kappa shape index (κ1) is 28.3. The van der Waals surface area contributed by atoms with E-state index in [1.54, 1.807) is 30.3 Å². The molecular weight excluding hydrogens is 596 g/mol. The zero-order chi connectivity index (χ0) is 30.0. The van der Waals surface area contributed by atoms with Crippen LogP contribution in [0, 0.1) is 5.82 Å². The maximum atomic E-state index is 15.6. The van der Waals surface area contributed by atoms with Crippen molar-refractivity contribution in [2.75, 3.05) is 36.3 Å². The molecule has 3 aromatic rings. The summed E-state index contributed by atoms with van der Waals surface area (Å²) >= 11 is 13.2. The lowest BCUT2D eigenvalue weighted by Crippen LogP contribution is -2.46. The minimum atomic E-state index is -1.18. The van der Waals surface area contributed by atoms with Gasteiger partial charge in [-0.2, -0.15) is 0 Å². The summed E-state index contributed by atoms with van der Waals surface area (Å²) in [7, 11) is 0. The van der Waals surface area contributed by atoms with Gasteiger partial charge < -0.3 is 29.3 Å². The number of nitrogens with zero attached hydrogens (tertiary/aromatic N) is 3. The third kappa shape index (κ3) is 4.78. The molecule has 1 N–H and O–H groups in total. The van der Waals surface area contributed by atoms with E-state index in [1.165, 1.54) is 4.90 Å². The molecule has 4 heterocycles. The van der Waals surface area contributed by atoms with Crippen LogP contribution in [0.2, 0.25) is 10.0 Å². The van der Waals surface area contributed by atoms with Crippen LogP contribution in [0.5, 0.6) is 5.75 Å². The Balaban J connectivity index is 1.20. The predicted octanol–water partition coefficient (Wildman–Crippen LogP) is 6.46. The fourth-order valence-electron chi connectivity index (χ4n) is 6.78. The van der Waals surface area contributed by atoms with E-state index >= 15 is 4.39 Å². The Hall–Kier alpha value is -3.53. The summed E-state index contributed by atoms with van der Waals surface area (Å²) in [6.45, 7) is 4.16. The zero-order valence-electron chi connectivity index (χ0n) is 23.5. The Morgan fingerprint density at radius 1 is 1.00 bits per heavy atom. The monoisotopic (exact) mass is 625 g/mol. The Morgan fingerprint density at radius 3 is 2.35 bits per heavy atom. The summed E-state index contributed by atoms with van der Waals surface area (Å²) in [5.74, 6) is -1.76. The molecular formula is C32H30Cl2FN3O5. The Labute approximate surface area is 258 Å². The molecule has 0 spiro atoms. The smallest absolute Gasteiger partial charge is 0.337 e. The quantitative estimate of drug-likeness (QED) is 0.348. The predicted molar refractivity (Wildman–Crippen MR) is 162 cm³/mol. The molecule has 11 heteroatoms. The first-order valence-corrected chi connectivity index (χ1v) is 15.2. The lowest BCUT2D eigenvalue weighted by Gasteiger charge is -2.41. The first-order chi connectivity index (χ1) is 20.7. The number of carbonyl (C=O) groups excluding carboxylic acids is 1. The van der Waals surface area contributed by atoms with Gasteiger partial charge in [0.15, 0.2) is 6.73 Å². The topological polar surface area (TPSA) is 82.5 Å². The van der Waals surface area contributed by atoms with Gasteiger partial charge >= 0.3 is 5.97 Å². The molecule has 0 aliphatic carbocycles.